The smallest absolute Gasteiger partial charge is 0.256 e. The van der Waals surface area contributed by atoms with Crippen LogP contribution in [-0.2, 0) is 0 Å². The summed E-state index contributed by atoms with van der Waals surface area (Å²) in [6.07, 6.45) is 2.36. The van der Waals surface area contributed by atoms with E-state index in [2.05, 4.69) is 16.0 Å². The van der Waals surface area contributed by atoms with E-state index in [9.17, 15) is 9.59 Å². The molecule has 1 aromatic rings. The van der Waals surface area contributed by atoms with Crippen molar-refractivity contribution in [2.24, 2.45) is 0 Å². The average Bonchev–Trinajstić information content (AvgIpc) is 2.83. The Kier molecular flexibility index (Phi) is 5.19. The molecule has 1 aromatic heterocycles. The topological polar surface area (TPSA) is 96.2 Å². The standard InChI is InChI=1S/C14H22N4O2S/c1-3-9(19)12-11(15)10(13(20)16-2)14(21-12)18-8-4-6-17-7-5-8/h8,17-18H,3-7,15H2,1-2H3,(H,16,20). The third kappa shape index (κ3) is 3.36. The van der Waals surface area contributed by atoms with Gasteiger partial charge in [0.15, 0.2) is 5.78 Å². The Balaban J connectivity index is 2.33. The Hall–Kier alpha value is -1.60. The van der Waals surface area contributed by atoms with E-state index >= 15 is 0 Å². The molecule has 0 spiro atoms. The lowest BCUT2D eigenvalue weighted by molar-refractivity contribution is 0.0964. The second-order valence-electron chi connectivity index (χ2n) is 5.07. The molecule has 0 atom stereocenters. The van der Waals surface area contributed by atoms with Crippen LogP contribution < -0.4 is 21.7 Å². The number of ketones is 1. The third-order valence-corrected chi connectivity index (χ3v) is 4.83. The number of nitrogens with two attached hydrogens (primary N) is 1. The minimum atomic E-state index is -0.254. The summed E-state index contributed by atoms with van der Waals surface area (Å²) in [4.78, 5) is 24.5. The van der Waals surface area contributed by atoms with Crippen molar-refractivity contribution in [3.05, 3.63) is 10.4 Å². The Morgan fingerprint density at radius 2 is 2.05 bits per heavy atom. The van der Waals surface area contributed by atoms with Crippen molar-refractivity contribution in [1.82, 2.24) is 10.6 Å². The Bertz CT molecular complexity index is 535. The average molecular weight is 310 g/mol. The number of thiophene rings is 1. The summed E-state index contributed by atoms with van der Waals surface area (Å²) in [7, 11) is 1.56. The summed E-state index contributed by atoms with van der Waals surface area (Å²) in [5.41, 5.74) is 6.73. The van der Waals surface area contributed by atoms with Gasteiger partial charge in [0.2, 0.25) is 0 Å². The lowest BCUT2D eigenvalue weighted by atomic mass is 10.1. The van der Waals surface area contributed by atoms with Crippen molar-refractivity contribution < 1.29 is 9.59 Å². The molecule has 21 heavy (non-hydrogen) atoms. The minimum absolute atomic E-state index is 0.0268. The molecule has 1 saturated heterocycles. The van der Waals surface area contributed by atoms with Crippen molar-refractivity contribution in [3.8, 4) is 0 Å². The van der Waals surface area contributed by atoms with E-state index in [-0.39, 0.29) is 11.7 Å². The summed E-state index contributed by atoms with van der Waals surface area (Å²) < 4.78 is 0. The molecule has 2 rings (SSSR count). The first kappa shape index (κ1) is 15.8. The molecule has 0 radical (unpaired) electrons. The molecule has 1 fully saturated rings. The van der Waals surface area contributed by atoms with Crippen LogP contribution in [0.4, 0.5) is 10.7 Å². The Morgan fingerprint density at radius 3 is 2.62 bits per heavy atom. The van der Waals surface area contributed by atoms with Crippen LogP contribution in [0.3, 0.4) is 0 Å². The Labute approximate surface area is 128 Å². The predicted octanol–water partition coefficient (Wildman–Crippen LogP) is 1.45. The molecule has 6 nitrogen and oxygen atoms in total. The first-order chi connectivity index (χ1) is 10.1. The molecule has 1 aliphatic rings. The van der Waals surface area contributed by atoms with Crippen LogP contribution in [-0.4, -0.2) is 37.9 Å². The van der Waals surface area contributed by atoms with Gasteiger partial charge in [0.25, 0.3) is 5.91 Å². The van der Waals surface area contributed by atoms with Gasteiger partial charge < -0.3 is 21.7 Å². The molecular weight excluding hydrogens is 288 g/mol. The number of hydrogen-bond donors (Lipinski definition) is 4. The zero-order chi connectivity index (χ0) is 15.4. The number of rotatable bonds is 5. The highest BCUT2D eigenvalue weighted by atomic mass is 32.1. The van der Waals surface area contributed by atoms with Crippen molar-refractivity contribution >= 4 is 33.7 Å². The first-order valence-electron chi connectivity index (χ1n) is 7.23. The van der Waals surface area contributed by atoms with Crippen molar-refractivity contribution in [2.75, 3.05) is 31.2 Å². The van der Waals surface area contributed by atoms with Crippen molar-refractivity contribution in [2.45, 2.75) is 32.2 Å². The first-order valence-corrected chi connectivity index (χ1v) is 8.04. The molecule has 0 unspecified atom stereocenters. The maximum Gasteiger partial charge on any atom is 0.256 e. The molecule has 0 bridgehead atoms. The van der Waals surface area contributed by atoms with Crippen LogP contribution in [0.5, 0.6) is 0 Å². The molecule has 0 saturated carbocycles. The monoisotopic (exact) mass is 310 g/mol. The number of carbonyl (C=O) groups is 2. The van der Waals surface area contributed by atoms with E-state index in [1.54, 1.807) is 14.0 Å². The fraction of sp³-hybridized carbons (Fsp3) is 0.571. The van der Waals surface area contributed by atoms with Crippen LogP contribution in [0, 0.1) is 0 Å². The summed E-state index contributed by atoms with van der Waals surface area (Å²) in [6.45, 7) is 3.70. The maximum absolute atomic E-state index is 12.1. The van der Waals surface area contributed by atoms with Gasteiger partial charge >= 0.3 is 0 Å². The van der Waals surface area contributed by atoms with Gasteiger partial charge in [0.05, 0.1) is 16.1 Å². The quantitative estimate of drug-likeness (QED) is 0.617. The molecule has 0 aliphatic carbocycles. The molecule has 1 aliphatic heterocycles. The highest BCUT2D eigenvalue weighted by molar-refractivity contribution is 7.19. The number of hydrogen-bond acceptors (Lipinski definition) is 6. The van der Waals surface area contributed by atoms with E-state index in [1.165, 1.54) is 11.3 Å². The molecule has 7 heteroatoms. The summed E-state index contributed by atoms with van der Waals surface area (Å²) in [6, 6.07) is 0.303. The fourth-order valence-corrected chi connectivity index (χ4v) is 3.62. The van der Waals surface area contributed by atoms with E-state index in [4.69, 9.17) is 5.73 Å². The van der Waals surface area contributed by atoms with Gasteiger partial charge in [-0.2, -0.15) is 0 Å². The number of carbonyl (C=O) groups excluding carboxylic acids is 2. The number of nitrogens with one attached hydrogen (secondary N) is 3. The number of nitrogen functional groups attached to an aromatic ring is 1. The normalized spacial score (nSPS) is 15.7. The van der Waals surface area contributed by atoms with Gasteiger partial charge in [-0.1, -0.05) is 6.92 Å². The summed E-state index contributed by atoms with van der Waals surface area (Å²) in [5, 5.41) is 9.99. The van der Waals surface area contributed by atoms with Gasteiger partial charge in [-0.05, 0) is 25.9 Å². The van der Waals surface area contributed by atoms with Crippen LogP contribution in [0.25, 0.3) is 0 Å². The number of piperidine rings is 1. The van der Waals surface area contributed by atoms with Gasteiger partial charge in [-0.3, -0.25) is 9.59 Å². The number of anilines is 2. The molecule has 2 heterocycles. The van der Waals surface area contributed by atoms with Crippen LogP contribution in [0.2, 0.25) is 0 Å². The van der Waals surface area contributed by atoms with E-state index in [1.807, 2.05) is 0 Å². The van der Waals surface area contributed by atoms with E-state index < -0.39 is 0 Å². The van der Waals surface area contributed by atoms with Gasteiger partial charge in [0.1, 0.15) is 5.00 Å². The Morgan fingerprint density at radius 1 is 1.38 bits per heavy atom. The highest BCUT2D eigenvalue weighted by Gasteiger charge is 2.26. The van der Waals surface area contributed by atoms with Crippen molar-refractivity contribution in [1.29, 1.82) is 0 Å². The van der Waals surface area contributed by atoms with Gasteiger partial charge in [-0.25, -0.2) is 0 Å². The number of amides is 1. The van der Waals surface area contributed by atoms with E-state index in [0.29, 0.717) is 33.6 Å². The molecule has 1 amide bonds. The highest BCUT2D eigenvalue weighted by Crippen LogP contribution is 2.37. The van der Waals surface area contributed by atoms with Crippen LogP contribution >= 0.6 is 11.3 Å². The molecule has 0 aromatic carbocycles. The zero-order valence-corrected chi connectivity index (χ0v) is 13.2. The lowest BCUT2D eigenvalue weighted by Gasteiger charge is -2.24. The zero-order valence-electron chi connectivity index (χ0n) is 12.4. The third-order valence-electron chi connectivity index (χ3n) is 3.65. The summed E-state index contributed by atoms with van der Waals surface area (Å²) in [5.74, 6) is -0.281. The largest absolute Gasteiger partial charge is 0.397 e. The van der Waals surface area contributed by atoms with Crippen LogP contribution in [0.15, 0.2) is 0 Å². The SMILES string of the molecule is CCC(=O)c1sc(NC2CCNCC2)c(C(=O)NC)c1N. The van der Waals surface area contributed by atoms with Crippen LogP contribution in [0.1, 0.15) is 46.2 Å². The van der Waals surface area contributed by atoms with Gasteiger partial charge in [0, 0.05) is 19.5 Å². The predicted molar refractivity (Wildman–Crippen MR) is 86.3 cm³/mol. The second kappa shape index (κ2) is 6.91. The van der Waals surface area contributed by atoms with E-state index in [0.717, 1.165) is 25.9 Å². The lowest BCUT2D eigenvalue weighted by Crippen LogP contribution is -2.35. The molecule has 116 valence electrons. The molecular formula is C14H22N4O2S. The van der Waals surface area contributed by atoms with Crippen molar-refractivity contribution in [3.63, 3.8) is 0 Å². The minimum Gasteiger partial charge on any atom is -0.397 e. The maximum atomic E-state index is 12.1. The number of Topliss-reactive ketones (excluding diaryl/α,β-unsaturated/α-hetero) is 1. The summed E-state index contributed by atoms with van der Waals surface area (Å²) >= 11 is 1.29. The van der Waals surface area contributed by atoms with Gasteiger partial charge in [-0.15, -0.1) is 11.3 Å². The molecule has 5 N–H and O–H groups in total. The second-order valence-corrected chi connectivity index (χ2v) is 6.09. The fourth-order valence-electron chi connectivity index (χ4n) is 2.42.